The molecule has 0 aromatic carbocycles. The van der Waals surface area contributed by atoms with Crippen LogP contribution in [-0.4, -0.2) is 12.5 Å². The molecule has 0 saturated heterocycles. The van der Waals surface area contributed by atoms with Crippen LogP contribution in [-0.2, 0) is 4.79 Å². The van der Waals surface area contributed by atoms with Crippen molar-refractivity contribution in [2.45, 2.75) is 26.7 Å². The van der Waals surface area contributed by atoms with E-state index in [-0.39, 0.29) is 11.8 Å². The molecule has 0 radical (unpaired) electrons. The van der Waals surface area contributed by atoms with Gasteiger partial charge in [-0.15, -0.1) is 6.42 Å². The van der Waals surface area contributed by atoms with Crippen LogP contribution in [0.1, 0.15) is 26.7 Å². The summed E-state index contributed by atoms with van der Waals surface area (Å²) in [7, 11) is 0. The molecule has 2 nitrogen and oxygen atoms in total. The Balaban J connectivity index is 3.57. The number of hydrogen-bond acceptors (Lipinski definition) is 1. The maximum absolute atomic E-state index is 11.1. The summed E-state index contributed by atoms with van der Waals surface area (Å²) >= 11 is 0. The molecule has 1 N–H and O–H groups in total. The molecule has 0 rings (SSSR count). The topological polar surface area (TPSA) is 29.1 Å². The molecule has 2 heteroatoms. The van der Waals surface area contributed by atoms with Crippen LogP contribution in [0, 0.1) is 18.3 Å². The van der Waals surface area contributed by atoms with Crippen LogP contribution in [0.15, 0.2) is 0 Å². The number of amides is 1. The zero-order valence-electron chi connectivity index (χ0n) is 7.18. The average molecular weight is 153 g/mol. The summed E-state index contributed by atoms with van der Waals surface area (Å²) in [5.41, 5.74) is 0. The minimum Gasteiger partial charge on any atom is -0.345 e. The van der Waals surface area contributed by atoms with Crippen LogP contribution in [0.4, 0.5) is 0 Å². The van der Waals surface area contributed by atoms with Gasteiger partial charge in [-0.1, -0.05) is 26.2 Å². The molecule has 0 aromatic heterocycles. The van der Waals surface area contributed by atoms with Gasteiger partial charge in [-0.05, 0) is 6.42 Å². The molecule has 1 amide bonds. The lowest BCUT2D eigenvalue weighted by molar-refractivity contribution is -0.124. The highest BCUT2D eigenvalue weighted by atomic mass is 16.1. The van der Waals surface area contributed by atoms with E-state index in [1.54, 1.807) is 0 Å². The van der Waals surface area contributed by atoms with E-state index in [0.29, 0.717) is 6.54 Å². The third-order valence-electron chi connectivity index (χ3n) is 1.53. The fourth-order valence-corrected chi connectivity index (χ4v) is 0.876. The Morgan fingerprint density at radius 3 is 2.82 bits per heavy atom. The summed E-state index contributed by atoms with van der Waals surface area (Å²) in [4.78, 5) is 11.1. The largest absolute Gasteiger partial charge is 0.345 e. The van der Waals surface area contributed by atoms with Gasteiger partial charge < -0.3 is 5.32 Å². The Hall–Kier alpha value is -0.970. The normalized spacial score (nSPS) is 11.7. The quantitative estimate of drug-likeness (QED) is 0.603. The molecule has 0 heterocycles. The molecule has 0 aliphatic heterocycles. The SMILES string of the molecule is C#CCNC(=O)[C@@H](C)CCC. The van der Waals surface area contributed by atoms with E-state index in [9.17, 15) is 4.79 Å². The van der Waals surface area contributed by atoms with Gasteiger partial charge in [-0.25, -0.2) is 0 Å². The summed E-state index contributed by atoms with van der Waals surface area (Å²) in [5.74, 6) is 2.51. The number of hydrogen-bond donors (Lipinski definition) is 1. The molecule has 1 atom stereocenters. The van der Waals surface area contributed by atoms with Crippen molar-refractivity contribution >= 4 is 5.91 Å². The van der Waals surface area contributed by atoms with Crippen molar-refractivity contribution in [3.8, 4) is 12.3 Å². The zero-order chi connectivity index (χ0) is 8.69. The number of terminal acetylenes is 1. The lowest BCUT2D eigenvalue weighted by atomic mass is 10.1. The van der Waals surface area contributed by atoms with E-state index < -0.39 is 0 Å². The highest BCUT2D eigenvalue weighted by molar-refractivity contribution is 5.78. The van der Waals surface area contributed by atoms with Crippen molar-refractivity contribution in [2.24, 2.45) is 5.92 Å². The molecule has 0 spiro atoms. The molecule has 0 aromatic rings. The fraction of sp³-hybridized carbons (Fsp3) is 0.667. The molecule has 11 heavy (non-hydrogen) atoms. The Bertz CT molecular complexity index is 157. The second-order valence-corrected chi connectivity index (χ2v) is 2.61. The molecular formula is C9H15NO. The second kappa shape index (κ2) is 5.79. The molecule has 0 saturated carbocycles. The minimum absolute atomic E-state index is 0.0600. The molecule has 0 bridgehead atoms. The van der Waals surface area contributed by atoms with E-state index in [2.05, 4.69) is 18.2 Å². The van der Waals surface area contributed by atoms with E-state index in [4.69, 9.17) is 6.42 Å². The molecule has 0 aliphatic carbocycles. The fourth-order valence-electron chi connectivity index (χ4n) is 0.876. The molecule has 0 fully saturated rings. The van der Waals surface area contributed by atoms with Gasteiger partial charge in [0.2, 0.25) is 5.91 Å². The number of rotatable bonds is 4. The number of carbonyl (C=O) groups is 1. The first-order valence-electron chi connectivity index (χ1n) is 3.93. The summed E-state index contributed by atoms with van der Waals surface area (Å²) < 4.78 is 0. The smallest absolute Gasteiger partial charge is 0.223 e. The molecule has 0 aliphatic rings. The average Bonchev–Trinajstić information content (AvgIpc) is 2.00. The third-order valence-corrected chi connectivity index (χ3v) is 1.53. The van der Waals surface area contributed by atoms with Gasteiger partial charge in [0.05, 0.1) is 6.54 Å². The highest BCUT2D eigenvalue weighted by Crippen LogP contribution is 2.03. The third kappa shape index (κ3) is 4.44. The number of nitrogens with one attached hydrogen (secondary N) is 1. The van der Waals surface area contributed by atoms with Crippen LogP contribution >= 0.6 is 0 Å². The summed E-state index contributed by atoms with van der Waals surface area (Å²) in [6, 6.07) is 0. The minimum atomic E-state index is 0.0600. The lowest BCUT2D eigenvalue weighted by Gasteiger charge is -2.08. The van der Waals surface area contributed by atoms with Crippen molar-refractivity contribution in [1.82, 2.24) is 5.32 Å². The molecule has 62 valence electrons. The van der Waals surface area contributed by atoms with Crippen LogP contribution < -0.4 is 5.32 Å². The predicted molar refractivity (Wildman–Crippen MR) is 45.9 cm³/mol. The van der Waals surface area contributed by atoms with Gasteiger partial charge >= 0.3 is 0 Å². The Labute approximate surface area is 68.4 Å². The van der Waals surface area contributed by atoms with Gasteiger partial charge in [0, 0.05) is 5.92 Å². The maximum atomic E-state index is 11.1. The predicted octanol–water partition coefficient (Wildman–Crippen LogP) is 1.17. The van der Waals surface area contributed by atoms with Crippen molar-refractivity contribution in [1.29, 1.82) is 0 Å². The zero-order valence-corrected chi connectivity index (χ0v) is 7.18. The molecule has 0 unspecified atom stereocenters. The van der Waals surface area contributed by atoms with Crippen LogP contribution in [0.3, 0.4) is 0 Å². The van der Waals surface area contributed by atoms with Crippen molar-refractivity contribution in [2.75, 3.05) is 6.54 Å². The Morgan fingerprint density at radius 1 is 1.73 bits per heavy atom. The van der Waals surface area contributed by atoms with E-state index in [1.165, 1.54) is 0 Å². The Kier molecular flexibility index (Phi) is 5.28. The summed E-state index contributed by atoms with van der Waals surface area (Å²) in [6.07, 6.45) is 6.95. The summed E-state index contributed by atoms with van der Waals surface area (Å²) in [6.45, 7) is 4.31. The maximum Gasteiger partial charge on any atom is 0.223 e. The van der Waals surface area contributed by atoms with Gasteiger partial charge in [0.15, 0.2) is 0 Å². The first-order chi connectivity index (χ1) is 5.22. The van der Waals surface area contributed by atoms with Gasteiger partial charge in [0.25, 0.3) is 0 Å². The number of carbonyl (C=O) groups excluding carboxylic acids is 1. The van der Waals surface area contributed by atoms with E-state index >= 15 is 0 Å². The first kappa shape index (κ1) is 10.0. The highest BCUT2D eigenvalue weighted by Gasteiger charge is 2.09. The van der Waals surface area contributed by atoms with Gasteiger partial charge in [-0.3, -0.25) is 4.79 Å². The van der Waals surface area contributed by atoms with Crippen molar-refractivity contribution in [3.05, 3.63) is 0 Å². The van der Waals surface area contributed by atoms with Crippen LogP contribution in [0.2, 0.25) is 0 Å². The second-order valence-electron chi connectivity index (χ2n) is 2.61. The van der Waals surface area contributed by atoms with Crippen LogP contribution in [0.5, 0.6) is 0 Å². The monoisotopic (exact) mass is 153 g/mol. The van der Waals surface area contributed by atoms with Gasteiger partial charge in [-0.2, -0.15) is 0 Å². The van der Waals surface area contributed by atoms with E-state index in [1.807, 2.05) is 6.92 Å². The van der Waals surface area contributed by atoms with Crippen LogP contribution in [0.25, 0.3) is 0 Å². The van der Waals surface area contributed by atoms with Gasteiger partial charge in [0.1, 0.15) is 0 Å². The van der Waals surface area contributed by atoms with E-state index in [0.717, 1.165) is 12.8 Å². The van der Waals surface area contributed by atoms with Crippen molar-refractivity contribution in [3.63, 3.8) is 0 Å². The Morgan fingerprint density at radius 2 is 2.36 bits per heavy atom. The molecular weight excluding hydrogens is 138 g/mol. The van der Waals surface area contributed by atoms with Crippen molar-refractivity contribution < 1.29 is 4.79 Å². The summed E-state index contributed by atoms with van der Waals surface area (Å²) in [5, 5.41) is 2.64. The lowest BCUT2D eigenvalue weighted by Crippen LogP contribution is -2.29. The first-order valence-corrected chi connectivity index (χ1v) is 3.93. The standard InChI is InChI=1S/C9H15NO/c1-4-6-8(3)9(11)10-7-5-2/h2,8H,4,6-7H2,1,3H3,(H,10,11)/t8-/m0/s1.